The highest BCUT2D eigenvalue weighted by Crippen LogP contribution is 1.86. The molecule has 80 valence electrons. The highest BCUT2D eigenvalue weighted by atomic mass is 32.2. The third-order valence-corrected chi connectivity index (χ3v) is 2.34. The van der Waals surface area contributed by atoms with Gasteiger partial charge in [-0.1, -0.05) is 6.92 Å². The summed E-state index contributed by atoms with van der Waals surface area (Å²) in [5, 5.41) is 10.3. The van der Waals surface area contributed by atoms with Crippen LogP contribution >= 0.6 is 0 Å². The first-order valence-electron chi connectivity index (χ1n) is 4.26. The van der Waals surface area contributed by atoms with Crippen LogP contribution in [0.25, 0.3) is 0 Å². The van der Waals surface area contributed by atoms with E-state index in [0.717, 1.165) is 18.2 Å². The normalized spacial score (nSPS) is 14.0. The van der Waals surface area contributed by atoms with Crippen LogP contribution in [-0.4, -0.2) is 62.9 Å². The van der Waals surface area contributed by atoms with Gasteiger partial charge in [0.05, 0.1) is 5.75 Å². The van der Waals surface area contributed by atoms with Gasteiger partial charge >= 0.3 is 0 Å². The van der Waals surface area contributed by atoms with Crippen molar-refractivity contribution < 1.29 is 14.0 Å². The van der Waals surface area contributed by atoms with Crippen LogP contribution in [0.3, 0.4) is 0 Å². The van der Waals surface area contributed by atoms with Crippen LogP contribution < -0.4 is 0 Å². The summed E-state index contributed by atoms with van der Waals surface area (Å²) < 4.78 is 18.7. The Morgan fingerprint density at radius 1 is 1.31 bits per heavy atom. The van der Waals surface area contributed by atoms with E-state index in [1.165, 1.54) is 0 Å². The number of hydrogen-bond donors (Lipinski definition) is 2. The van der Waals surface area contributed by atoms with E-state index in [-0.39, 0.29) is 12.3 Å². The Balaban J connectivity index is 3.39. The summed E-state index contributed by atoms with van der Waals surface area (Å²) in [6.07, 6.45) is 0. The molecule has 0 saturated heterocycles. The molecule has 0 aliphatic carbocycles. The number of hydrogen-bond acceptors (Lipinski definition) is 4. The minimum atomic E-state index is -1.82. The molecular weight excluding hydrogens is 192 g/mol. The van der Waals surface area contributed by atoms with Crippen LogP contribution in [0, 0.1) is 0 Å². The van der Waals surface area contributed by atoms with Gasteiger partial charge in [0.15, 0.2) is 11.1 Å². The molecule has 0 heterocycles. The summed E-state index contributed by atoms with van der Waals surface area (Å²) in [5.74, 6) is 0.0896. The third-order valence-electron chi connectivity index (χ3n) is 1.80. The molecular formula is C7H18N2O3S. The highest BCUT2D eigenvalue weighted by Gasteiger charge is 2.03. The fourth-order valence-corrected chi connectivity index (χ4v) is 1.11. The first-order chi connectivity index (χ1) is 6.06. The topological polar surface area (TPSA) is 64.0 Å². The molecule has 0 amide bonds. The second-order valence-electron chi connectivity index (χ2n) is 2.88. The summed E-state index contributed by atoms with van der Waals surface area (Å²) in [4.78, 5) is 2.05. The molecule has 0 saturated carbocycles. The quantitative estimate of drug-likeness (QED) is 0.452. The van der Waals surface area contributed by atoms with Crippen molar-refractivity contribution in [3.05, 3.63) is 0 Å². The maximum Gasteiger partial charge on any atom is 0.154 e. The molecule has 0 rings (SSSR count). The smallest absolute Gasteiger partial charge is 0.154 e. The Hall–Kier alpha value is -0.0100. The SMILES string of the molecule is CCN(C)CCN(O)CCS(=O)O. The van der Waals surface area contributed by atoms with Crippen LogP contribution in [-0.2, 0) is 11.1 Å². The second-order valence-corrected chi connectivity index (χ2v) is 3.93. The number of nitrogens with zero attached hydrogens (tertiary/aromatic N) is 2. The molecule has 2 N–H and O–H groups in total. The minimum absolute atomic E-state index is 0.0896. The average molecular weight is 210 g/mol. The molecule has 6 heteroatoms. The van der Waals surface area contributed by atoms with Gasteiger partial charge in [-0.15, -0.1) is 0 Å². The van der Waals surface area contributed by atoms with Crippen molar-refractivity contribution in [3.63, 3.8) is 0 Å². The van der Waals surface area contributed by atoms with E-state index in [1.807, 2.05) is 14.0 Å². The van der Waals surface area contributed by atoms with Gasteiger partial charge < -0.3 is 14.7 Å². The molecule has 0 aromatic heterocycles. The maximum absolute atomic E-state index is 10.3. The maximum atomic E-state index is 10.3. The first-order valence-corrected chi connectivity index (χ1v) is 5.53. The Morgan fingerprint density at radius 3 is 2.38 bits per heavy atom. The molecule has 0 aromatic carbocycles. The summed E-state index contributed by atoms with van der Waals surface area (Å²) in [7, 11) is 1.96. The predicted octanol–water partition coefficient (Wildman–Crippen LogP) is -0.149. The van der Waals surface area contributed by atoms with Crippen LogP contribution in [0.5, 0.6) is 0 Å². The average Bonchev–Trinajstić information content (AvgIpc) is 2.10. The van der Waals surface area contributed by atoms with Crippen LogP contribution in [0.1, 0.15) is 6.92 Å². The van der Waals surface area contributed by atoms with Gasteiger partial charge in [-0.05, 0) is 13.6 Å². The van der Waals surface area contributed by atoms with Crippen LogP contribution in [0.15, 0.2) is 0 Å². The molecule has 0 aliphatic heterocycles. The summed E-state index contributed by atoms with van der Waals surface area (Å²) in [5.41, 5.74) is 0. The Labute approximate surface area is 81.6 Å². The van der Waals surface area contributed by atoms with E-state index in [9.17, 15) is 9.42 Å². The lowest BCUT2D eigenvalue weighted by molar-refractivity contribution is -0.0884. The van der Waals surface area contributed by atoms with Gasteiger partial charge in [-0.25, -0.2) is 4.21 Å². The van der Waals surface area contributed by atoms with Crippen molar-refractivity contribution in [2.45, 2.75) is 6.92 Å². The van der Waals surface area contributed by atoms with Gasteiger partial charge in [0.25, 0.3) is 0 Å². The van der Waals surface area contributed by atoms with E-state index in [0.29, 0.717) is 6.54 Å². The van der Waals surface area contributed by atoms with Crippen LogP contribution in [0.4, 0.5) is 0 Å². The van der Waals surface area contributed by atoms with E-state index < -0.39 is 11.1 Å². The Kier molecular flexibility index (Phi) is 7.39. The van der Waals surface area contributed by atoms with E-state index >= 15 is 0 Å². The molecule has 0 radical (unpaired) electrons. The molecule has 0 bridgehead atoms. The lowest BCUT2D eigenvalue weighted by Crippen LogP contribution is -2.33. The van der Waals surface area contributed by atoms with Gasteiger partial charge in [0.1, 0.15) is 0 Å². The molecule has 0 fully saturated rings. The zero-order chi connectivity index (χ0) is 10.3. The minimum Gasteiger partial charge on any atom is -0.314 e. The fraction of sp³-hybridized carbons (Fsp3) is 1.00. The fourth-order valence-electron chi connectivity index (χ4n) is 0.740. The number of hydroxylamine groups is 2. The van der Waals surface area contributed by atoms with E-state index in [1.54, 1.807) is 0 Å². The third kappa shape index (κ3) is 8.32. The highest BCUT2D eigenvalue weighted by molar-refractivity contribution is 7.79. The van der Waals surface area contributed by atoms with Crippen molar-refractivity contribution >= 4 is 11.1 Å². The lowest BCUT2D eigenvalue weighted by Gasteiger charge is -2.18. The largest absolute Gasteiger partial charge is 0.314 e. The van der Waals surface area contributed by atoms with Crippen LogP contribution in [0.2, 0.25) is 0 Å². The Morgan fingerprint density at radius 2 is 1.92 bits per heavy atom. The van der Waals surface area contributed by atoms with Crippen molar-refractivity contribution in [1.82, 2.24) is 9.96 Å². The Bertz CT molecular complexity index is 157. The molecule has 0 aliphatic rings. The van der Waals surface area contributed by atoms with Crippen molar-refractivity contribution in [3.8, 4) is 0 Å². The standard InChI is InChI=1S/C7H18N2O3S/c1-3-8(2)4-5-9(10)6-7-13(11)12/h10H,3-7H2,1-2H3,(H,11,12). The molecule has 13 heavy (non-hydrogen) atoms. The lowest BCUT2D eigenvalue weighted by atomic mass is 10.5. The number of likely N-dealkylation sites (N-methyl/N-ethyl adjacent to an activating group) is 1. The molecule has 0 aromatic rings. The van der Waals surface area contributed by atoms with E-state index in [2.05, 4.69) is 4.90 Å². The molecule has 0 spiro atoms. The zero-order valence-electron chi connectivity index (χ0n) is 8.14. The summed E-state index contributed by atoms with van der Waals surface area (Å²) in [6.45, 7) is 4.46. The van der Waals surface area contributed by atoms with Crippen molar-refractivity contribution in [2.75, 3.05) is 39.0 Å². The van der Waals surface area contributed by atoms with Gasteiger partial charge in [0, 0.05) is 19.6 Å². The van der Waals surface area contributed by atoms with Gasteiger partial charge in [-0.3, -0.25) is 0 Å². The molecule has 5 nitrogen and oxygen atoms in total. The van der Waals surface area contributed by atoms with Gasteiger partial charge in [-0.2, -0.15) is 5.06 Å². The summed E-state index contributed by atoms with van der Waals surface area (Å²) in [6, 6.07) is 0. The van der Waals surface area contributed by atoms with E-state index in [4.69, 9.17) is 4.55 Å². The second kappa shape index (κ2) is 7.40. The predicted molar refractivity (Wildman–Crippen MR) is 52.2 cm³/mol. The zero-order valence-corrected chi connectivity index (χ0v) is 8.96. The summed E-state index contributed by atoms with van der Waals surface area (Å²) >= 11 is -1.82. The van der Waals surface area contributed by atoms with Crippen molar-refractivity contribution in [2.24, 2.45) is 0 Å². The first kappa shape index (κ1) is 13.0. The monoisotopic (exact) mass is 210 g/mol. The molecule has 1 unspecified atom stereocenters. The molecule has 1 atom stereocenters. The van der Waals surface area contributed by atoms with Crippen molar-refractivity contribution in [1.29, 1.82) is 0 Å². The number of rotatable bonds is 7. The van der Waals surface area contributed by atoms with Gasteiger partial charge in [0.2, 0.25) is 0 Å².